The number of hydrogen-bond acceptors (Lipinski definition) is 3. The Bertz CT molecular complexity index is 897. The van der Waals surface area contributed by atoms with Crippen LogP contribution in [0.4, 0.5) is 8.78 Å². The van der Waals surface area contributed by atoms with Crippen molar-refractivity contribution in [2.75, 3.05) is 0 Å². The first-order valence-corrected chi connectivity index (χ1v) is 6.85. The van der Waals surface area contributed by atoms with Crippen molar-refractivity contribution >= 4 is 16.8 Å². The topological polar surface area (TPSA) is 62.2 Å². The molecule has 24 heavy (non-hydrogen) atoms. The molecular formula is C18H16F2N2O2. The maximum atomic E-state index is 13.5. The van der Waals surface area contributed by atoms with Gasteiger partial charge in [-0.25, -0.2) is 8.78 Å². The molecule has 0 bridgehead atoms. The molecule has 0 aliphatic rings. The first-order valence-electron chi connectivity index (χ1n) is 6.85. The maximum absolute atomic E-state index is 13.5. The number of hydrogen-bond donors (Lipinski definition) is 2. The normalized spacial score (nSPS) is 10.2. The molecule has 4 nitrogen and oxygen atoms in total. The minimum atomic E-state index is -0.615. The number of aromatic hydroxyl groups is 1. The van der Waals surface area contributed by atoms with Crippen LogP contribution < -0.4 is 5.32 Å². The largest absolute Gasteiger partial charge is 0.505 e. The number of nitrogens with one attached hydrogen (secondary N) is 1. The van der Waals surface area contributed by atoms with Crippen molar-refractivity contribution in [3.63, 3.8) is 0 Å². The summed E-state index contributed by atoms with van der Waals surface area (Å²) in [4.78, 5) is 16.2. The van der Waals surface area contributed by atoms with E-state index in [4.69, 9.17) is 0 Å². The van der Waals surface area contributed by atoms with Crippen molar-refractivity contribution in [1.29, 1.82) is 0 Å². The molecular weight excluding hydrogens is 314 g/mol. The van der Waals surface area contributed by atoms with Crippen molar-refractivity contribution in [3.05, 3.63) is 71.4 Å². The number of fused-ring (bicyclic) bond motifs is 1. The van der Waals surface area contributed by atoms with Gasteiger partial charge in [-0.2, -0.15) is 0 Å². The highest BCUT2D eigenvalue weighted by atomic mass is 19.1. The molecule has 0 atom stereocenters. The van der Waals surface area contributed by atoms with Crippen LogP contribution in [0.3, 0.4) is 0 Å². The average Bonchev–Trinajstić information content (AvgIpc) is 2.56. The van der Waals surface area contributed by atoms with Gasteiger partial charge >= 0.3 is 0 Å². The average molecular weight is 330 g/mol. The van der Waals surface area contributed by atoms with Crippen molar-refractivity contribution in [3.8, 4) is 5.75 Å². The molecule has 0 aliphatic heterocycles. The molecule has 0 saturated heterocycles. The smallest absolute Gasteiger partial charge is 0.255 e. The van der Waals surface area contributed by atoms with Crippen LogP contribution in [0.5, 0.6) is 5.75 Å². The number of halogens is 2. The minimum absolute atomic E-state index is 0. The highest BCUT2D eigenvalue weighted by Gasteiger charge is 2.15. The molecule has 3 rings (SSSR count). The van der Waals surface area contributed by atoms with Gasteiger partial charge in [0.2, 0.25) is 0 Å². The fourth-order valence-electron chi connectivity index (χ4n) is 2.26. The highest BCUT2D eigenvalue weighted by molar-refractivity contribution is 6.02. The van der Waals surface area contributed by atoms with E-state index in [9.17, 15) is 18.7 Å². The molecule has 2 aromatic carbocycles. The molecule has 0 spiro atoms. The number of benzene rings is 2. The molecule has 6 heteroatoms. The van der Waals surface area contributed by atoms with Gasteiger partial charge in [-0.1, -0.05) is 19.6 Å². The molecule has 0 aliphatic carbocycles. The first-order chi connectivity index (χ1) is 11.1. The van der Waals surface area contributed by atoms with Gasteiger partial charge in [0, 0.05) is 23.7 Å². The monoisotopic (exact) mass is 330 g/mol. The molecule has 2 N–H and O–H groups in total. The van der Waals surface area contributed by atoms with E-state index >= 15 is 0 Å². The highest BCUT2D eigenvalue weighted by Crippen LogP contribution is 2.26. The Balaban J connectivity index is 0.00000208. The second kappa shape index (κ2) is 7.04. The summed E-state index contributed by atoms with van der Waals surface area (Å²) in [5.41, 5.74) is 0.349. The third-order valence-corrected chi connectivity index (χ3v) is 3.44. The second-order valence-electron chi connectivity index (χ2n) is 4.96. The Morgan fingerprint density at radius 3 is 2.75 bits per heavy atom. The fraction of sp³-hybridized carbons (Fsp3) is 0.111. The van der Waals surface area contributed by atoms with Crippen LogP contribution in [0.15, 0.2) is 48.7 Å². The summed E-state index contributed by atoms with van der Waals surface area (Å²) in [6.07, 6.45) is 1.51. The fourth-order valence-corrected chi connectivity index (χ4v) is 2.26. The van der Waals surface area contributed by atoms with E-state index in [0.29, 0.717) is 10.9 Å². The van der Waals surface area contributed by atoms with Crippen LogP contribution >= 0.6 is 0 Å². The van der Waals surface area contributed by atoms with E-state index in [2.05, 4.69) is 10.3 Å². The summed E-state index contributed by atoms with van der Waals surface area (Å²) in [5.74, 6) is -2.05. The summed E-state index contributed by atoms with van der Waals surface area (Å²) in [7, 11) is 0. The number of amides is 1. The zero-order valence-corrected chi connectivity index (χ0v) is 11.9. The van der Waals surface area contributed by atoms with Gasteiger partial charge in [0.25, 0.3) is 5.91 Å². The van der Waals surface area contributed by atoms with E-state index in [-0.39, 0.29) is 30.8 Å². The van der Waals surface area contributed by atoms with E-state index in [1.54, 1.807) is 18.2 Å². The summed E-state index contributed by atoms with van der Waals surface area (Å²) in [6, 6.07) is 9.59. The quantitative estimate of drug-likeness (QED) is 0.768. The number of pyridine rings is 1. The third kappa shape index (κ3) is 3.32. The van der Waals surface area contributed by atoms with Gasteiger partial charge < -0.3 is 10.4 Å². The van der Waals surface area contributed by atoms with E-state index in [1.165, 1.54) is 12.3 Å². The van der Waals surface area contributed by atoms with E-state index < -0.39 is 17.5 Å². The lowest BCUT2D eigenvalue weighted by Crippen LogP contribution is -2.23. The van der Waals surface area contributed by atoms with Gasteiger partial charge in [-0.05, 0) is 30.3 Å². The molecule has 0 radical (unpaired) electrons. The van der Waals surface area contributed by atoms with E-state index in [1.807, 2.05) is 0 Å². The summed E-state index contributed by atoms with van der Waals surface area (Å²) in [5, 5.41) is 13.3. The Morgan fingerprint density at radius 2 is 1.96 bits per heavy atom. The number of carbonyl (C=O) groups is 1. The number of carbonyl (C=O) groups excluding carboxylic acids is 1. The molecule has 1 amide bonds. The summed E-state index contributed by atoms with van der Waals surface area (Å²) in [6.45, 7) is -0.192. The molecule has 124 valence electrons. The van der Waals surface area contributed by atoms with E-state index in [0.717, 1.165) is 18.2 Å². The van der Waals surface area contributed by atoms with Crippen LogP contribution in [0.2, 0.25) is 0 Å². The maximum Gasteiger partial charge on any atom is 0.255 e. The van der Waals surface area contributed by atoms with Crippen molar-refractivity contribution in [2.45, 2.75) is 14.0 Å². The zero-order chi connectivity index (χ0) is 16.4. The first kappa shape index (κ1) is 17.3. The number of nitrogens with zero attached hydrogens (tertiary/aromatic N) is 1. The van der Waals surface area contributed by atoms with Gasteiger partial charge in [-0.15, -0.1) is 0 Å². The Kier molecular flexibility index (Phi) is 5.08. The van der Waals surface area contributed by atoms with Gasteiger partial charge in [0.15, 0.2) is 5.75 Å². The number of rotatable bonds is 3. The molecule has 1 heterocycles. The lowest BCUT2D eigenvalue weighted by molar-refractivity contribution is 0.0948. The minimum Gasteiger partial charge on any atom is -0.505 e. The number of phenolic OH excluding ortho intramolecular Hbond substituents is 1. The van der Waals surface area contributed by atoms with Gasteiger partial charge in [0.05, 0.1) is 5.56 Å². The number of aromatic nitrogens is 1. The van der Waals surface area contributed by atoms with Crippen LogP contribution in [-0.4, -0.2) is 16.0 Å². The van der Waals surface area contributed by atoms with Gasteiger partial charge in [-0.3, -0.25) is 9.78 Å². The summed E-state index contributed by atoms with van der Waals surface area (Å²) >= 11 is 0. The Morgan fingerprint density at radius 1 is 1.17 bits per heavy atom. The zero-order valence-electron chi connectivity index (χ0n) is 11.9. The van der Waals surface area contributed by atoms with Gasteiger partial charge in [0.1, 0.15) is 17.2 Å². The predicted molar refractivity (Wildman–Crippen MR) is 87.7 cm³/mol. The Labute approximate surface area is 137 Å². The molecule has 0 fully saturated rings. The van der Waals surface area contributed by atoms with Crippen LogP contribution in [0.1, 0.15) is 23.3 Å². The lowest BCUT2D eigenvalue weighted by atomic mass is 10.1. The molecule has 0 unspecified atom stereocenters. The Hall–Kier alpha value is -3.02. The summed E-state index contributed by atoms with van der Waals surface area (Å²) < 4.78 is 26.6. The molecule has 0 saturated carbocycles. The second-order valence-corrected chi connectivity index (χ2v) is 4.96. The van der Waals surface area contributed by atoms with Crippen LogP contribution in [0, 0.1) is 11.6 Å². The van der Waals surface area contributed by atoms with Crippen molar-refractivity contribution in [2.24, 2.45) is 0 Å². The molecule has 1 aromatic heterocycles. The number of phenols is 1. The van der Waals surface area contributed by atoms with Crippen molar-refractivity contribution < 1.29 is 18.7 Å². The lowest BCUT2D eigenvalue weighted by Gasteiger charge is -2.09. The molecule has 3 aromatic rings. The third-order valence-electron chi connectivity index (χ3n) is 3.44. The van der Waals surface area contributed by atoms with Crippen molar-refractivity contribution in [1.82, 2.24) is 10.3 Å². The van der Waals surface area contributed by atoms with Crippen LogP contribution in [0.25, 0.3) is 10.9 Å². The predicted octanol–water partition coefficient (Wildman–Crippen LogP) is 3.78. The standard InChI is InChI=1S/C17H12F2N2O2.CH4/c18-12-4-6-14(19)11(8-12)9-21-17(23)13-5-3-10-2-1-7-20-15(10)16(13)22;/h1-8,22H,9H2,(H,21,23);1H4. The SMILES string of the molecule is C.O=C(NCc1cc(F)ccc1F)c1ccc2cccnc2c1O. The van der Waals surface area contributed by atoms with Crippen LogP contribution in [-0.2, 0) is 6.54 Å².